The van der Waals surface area contributed by atoms with Crippen molar-refractivity contribution in [3.63, 3.8) is 0 Å². The molecule has 0 saturated carbocycles. The van der Waals surface area contributed by atoms with Crippen LogP contribution in [0.15, 0.2) is 18.5 Å². The Hall–Kier alpha value is -1.13. The fourth-order valence-electron chi connectivity index (χ4n) is 3.25. The van der Waals surface area contributed by atoms with Crippen LogP contribution in [0.1, 0.15) is 39.2 Å². The van der Waals surface area contributed by atoms with Crippen LogP contribution in [-0.4, -0.2) is 48.6 Å². The molecular weight excluding hydrogens is 260 g/mol. The molecule has 21 heavy (non-hydrogen) atoms. The van der Waals surface area contributed by atoms with Gasteiger partial charge in [-0.2, -0.15) is 0 Å². The van der Waals surface area contributed by atoms with Crippen molar-refractivity contribution in [2.45, 2.75) is 46.2 Å². The van der Waals surface area contributed by atoms with Crippen molar-refractivity contribution < 1.29 is 0 Å². The maximum atomic E-state index is 4.35. The summed E-state index contributed by atoms with van der Waals surface area (Å²) in [5.74, 6) is 0. The SMILES string of the molecule is CCCNCc1ccncc1N1CCC(N(CC)CC)C1. The summed E-state index contributed by atoms with van der Waals surface area (Å²) in [7, 11) is 0. The van der Waals surface area contributed by atoms with Gasteiger partial charge in [0.1, 0.15) is 0 Å². The molecule has 118 valence electrons. The highest BCUT2D eigenvalue weighted by Gasteiger charge is 2.27. The predicted octanol–water partition coefficient (Wildman–Crippen LogP) is 2.50. The molecule has 1 unspecified atom stereocenters. The Labute approximate surface area is 129 Å². The number of hydrogen-bond donors (Lipinski definition) is 1. The Morgan fingerprint density at radius 1 is 1.33 bits per heavy atom. The smallest absolute Gasteiger partial charge is 0.0598 e. The summed E-state index contributed by atoms with van der Waals surface area (Å²) >= 11 is 0. The molecule has 1 aromatic heterocycles. The number of rotatable bonds is 8. The molecule has 4 nitrogen and oxygen atoms in total. The van der Waals surface area contributed by atoms with Crippen molar-refractivity contribution in [3.05, 3.63) is 24.0 Å². The van der Waals surface area contributed by atoms with Gasteiger partial charge in [-0.15, -0.1) is 0 Å². The van der Waals surface area contributed by atoms with Crippen LogP contribution >= 0.6 is 0 Å². The monoisotopic (exact) mass is 290 g/mol. The largest absolute Gasteiger partial charge is 0.368 e. The zero-order chi connectivity index (χ0) is 15.1. The minimum absolute atomic E-state index is 0.691. The van der Waals surface area contributed by atoms with Crippen LogP contribution in [0, 0.1) is 0 Å². The summed E-state index contributed by atoms with van der Waals surface area (Å²) in [6.45, 7) is 13.3. The lowest BCUT2D eigenvalue weighted by Gasteiger charge is -2.27. The molecule has 0 aliphatic carbocycles. The number of nitrogens with zero attached hydrogens (tertiary/aromatic N) is 3. The van der Waals surface area contributed by atoms with Gasteiger partial charge in [0.15, 0.2) is 0 Å². The van der Waals surface area contributed by atoms with Gasteiger partial charge >= 0.3 is 0 Å². The van der Waals surface area contributed by atoms with Crippen LogP contribution in [0.3, 0.4) is 0 Å². The molecule has 0 bridgehead atoms. The van der Waals surface area contributed by atoms with Crippen LogP contribution in [0.25, 0.3) is 0 Å². The van der Waals surface area contributed by atoms with E-state index < -0.39 is 0 Å². The lowest BCUT2D eigenvalue weighted by Crippen LogP contribution is -2.37. The topological polar surface area (TPSA) is 31.4 Å². The molecule has 2 heterocycles. The first-order chi connectivity index (χ1) is 10.3. The fraction of sp³-hybridized carbons (Fsp3) is 0.706. The van der Waals surface area contributed by atoms with Gasteiger partial charge in [0, 0.05) is 31.9 Å². The predicted molar refractivity (Wildman–Crippen MR) is 89.8 cm³/mol. The maximum Gasteiger partial charge on any atom is 0.0598 e. The maximum absolute atomic E-state index is 4.35. The molecule has 1 aliphatic heterocycles. The normalized spacial score (nSPS) is 18.7. The average molecular weight is 290 g/mol. The van der Waals surface area contributed by atoms with Crippen molar-refractivity contribution in [2.24, 2.45) is 0 Å². The molecule has 0 spiro atoms. The van der Waals surface area contributed by atoms with E-state index in [0.717, 1.165) is 39.3 Å². The van der Waals surface area contributed by atoms with Crippen molar-refractivity contribution >= 4 is 5.69 Å². The molecule has 1 aliphatic rings. The average Bonchev–Trinajstić information content (AvgIpc) is 2.99. The zero-order valence-corrected chi connectivity index (χ0v) is 13.8. The summed E-state index contributed by atoms with van der Waals surface area (Å²) in [6.07, 6.45) is 6.38. The first-order valence-corrected chi connectivity index (χ1v) is 8.42. The first-order valence-electron chi connectivity index (χ1n) is 8.42. The van der Waals surface area contributed by atoms with Gasteiger partial charge in [-0.05, 0) is 44.1 Å². The van der Waals surface area contributed by atoms with Crippen molar-refractivity contribution in [1.29, 1.82) is 0 Å². The quantitative estimate of drug-likeness (QED) is 0.746. The second kappa shape index (κ2) is 8.35. The summed E-state index contributed by atoms with van der Waals surface area (Å²) in [6, 6.07) is 2.85. The molecule has 4 heteroatoms. The molecule has 1 fully saturated rings. The minimum Gasteiger partial charge on any atom is -0.368 e. The van der Waals surface area contributed by atoms with Gasteiger partial charge in [0.05, 0.1) is 11.9 Å². The number of hydrogen-bond acceptors (Lipinski definition) is 4. The van der Waals surface area contributed by atoms with Gasteiger partial charge in [-0.25, -0.2) is 0 Å². The number of nitrogens with one attached hydrogen (secondary N) is 1. The molecule has 1 saturated heterocycles. The summed E-state index contributed by atoms with van der Waals surface area (Å²) in [4.78, 5) is 9.43. The van der Waals surface area contributed by atoms with E-state index in [-0.39, 0.29) is 0 Å². The standard InChI is InChI=1S/C17H30N4/c1-4-9-18-12-15-7-10-19-13-17(15)21-11-8-16(14-21)20(5-2)6-3/h7,10,13,16,18H,4-6,8-9,11-12,14H2,1-3H3. The number of anilines is 1. The Morgan fingerprint density at radius 3 is 2.86 bits per heavy atom. The van der Waals surface area contributed by atoms with Crippen molar-refractivity contribution in [3.8, 4) is 0 Å². The lowest BCUT2D eigenvalue weighted by atomic mass is 10.2. The number of pyridine rings is 1. The van der Waals surface area contributed by atoms with Crippen molar-refractivity contribution in [1.82, 2.24) is 15.2 Å². The van der Waals surface area contributed by atoms with E-state index in [9.17, 15) is 0 Å². The molecule has 1 aromatic rings. The third-order valence-electron chi connectivity index (χ3n) is 4.46. The van der Waals surface area contributed by atoms with Crippen LogP contribution in [0.2, 0.25) is 0 Å². The van der Waals surface area contributed by atoms with Gasteiger partial charge in [0.25, 0.3) is 0 Å². The van der Waals surface area contributed by atoms with Gasteiger partial charge in [-0.1, -0.05) is 20.8 Å². The third-order valence-corrected chi connectivity index (χ3v) is 4.46. The summed E-state index contributed by atoms with van der Waals surface area (Å²) in [5.41, 5.74) is 2.69. The lowest BCUT2D eigenvalue weighted by molar-refractivity contribution is 0.232. The molecule has 1 N–H and O–H groups in total. The van der Waals surface area contributed by atoms with Gasteiger partial charge < -0.3 is 10.2 Å². The zero-order valence-electron chi connectivity index (χ0n) is 13.8. The Balaban J connectivity index is 2.02. The molecule has 0 amide bonds. The van der Waals surface area contributed by atoms with Crippen LogP contribution in [-0.2, 0) is 6.54 Å². The van der Waals surface area contributed by atoms with Crippen LogP contribution in [0.5, 0.6) is 0 Å². The van der Waals surface area contributed by atoms with E-state index >= 15 is 0 Å². The Morgan fingerprint density at radius 2 is 2.14 bits per heavy atom. The second-order valence-corrected chi connectivity index (χ2v) is 5.79. The Bertz CT molecular complexity index is 417. The highest BCUT2D eigenvalue weighted by Crippen LogP contribution is 2.25. The molecule has 1 atom stereocenters. The van der Waals surface area contributed by atoms with E-state index in [1.165, 1.54) is 24.1 Å². The molecular formula is C17H30N4. The minimum atomic E-state index is 0.691. The van der Waals surface area contributed by atoms with E-state index in [4.69, 9.17) is 0 Å². The van der Waals surface area contributed by atoms with Gasteiger partial charge in [-0.3, -0.25) is 9.88 Å². The van der Waals surface area contributed by atoms with E-state index in [1.54, 1.807) is 0 Å². The summed E-state index contributed by atoms with van der Waals surface area (Å²) < 4.78 is 0. The number of likely N-dealkylation sites (N-methyl/N-ethyl adjacent to an activating group) is 1. The third kappa shape index (κ3) is 4.17. The molecule has 0 aromatic carbocycles. The summed E-state index contributed by atoms with van der Waals surface area (Å²) in [5, 5.41) is 3.51. The number of aromatic nitrogens is 1. The highest BCUT2D eigenvalue weighted by atomic mass is 15.3. The van der Waals surface area contributed by atoms with Crippen LogP contribution < -0.4 is 10.2 Å². The van der Waals surface area contributed by atoms with E-state index in [0.29, 0.717) is 6.04 Å². The highest BCUT2D eigenvalue weighted by molar-refractivity contribution is 5.52. The Kier molecular flexibility index (Phi) is 6.46. The van der Waals surface area contributed by atoms with Crippen LogP contribution in [0.4, 0.5) is 5.69 Å². The first kappa shape index (κ1) is 16.2. The fourth-order valence-corrected chi connectivity index (χ4v) is 3.25. The molecule has 0 radical (unpaired) electrons. The van der Waals surface area contributed by atoms with Gasteiger partial charge in [0.2, 0.25) is 0 Å². The molecule has 2 rings (SSSR count). The van der Waals surface area contributed by atoms with E-state index in [1.807, 2.05) is 12.4 Å². The van der Waals surface area contributed by atoms with Crippen molar-refractivity contribution in [2.75, 3.05) is 37.6 Å². The van der Waals surface area contributed by atoms with E-state index in [2.05, 4.69) is 46.9 Å². The second-order valence-electron chi connectivity index (χ2n) is 5.79.